The highest BCUT2D eigenvalue weighted by atomic mass is 19.4. The molecule has 7 heteroatoms. The largest absolute Gasteiger partial charge is 0.493 e. The Morgan fingerprint density at radius 1 is 1.04 bits per heavy atom. The molecular formula is C19H14F3NO3. The maximum absolute atomic E-state index is 12.6. The normalized spacial score (nSPS) is 11.3. The molecule has 0 spiro atoms. The van der Waals surface area contributed by atoms with E-state index in [1.54, 1.807) is 24.3 Å². The van der Waals surface area contributed by atoms with Gasteiger partial charge < -0.3 is 9.15 Å². The van der Waals surface area contributed by atoms with Crippen LogP contribution >= 0.6 is 0 Å². The molecular weight excluding hydrogens is 347 g/mol. The van der Waals surface area contributed by atoms with E-state index in [0.717, 1.165) is 18.4 Å². The summed E-state index contributed by atoms with van der Waals surface area (Å²) in [6.07, 6.45) is -1.70. The highest BCUT2D eigenvalue weighted by Gasteiger charge is 2.30. The van der Waals surface area contributed by atoms with Gasteiger partial charge in [0.2, 0.25) is 5.89 Å². The van der Waals surface area contributed by atoms with Crippen LogP contribution in [0.1, 0.15) is 21.6 Å². The molecule has 0 bridgehead atoms. The third-order valence-corrected chi connectivity index (χ3v) is 3.65. The summed E-state index contributed by atoms with van der Waals surface area (Å²) in [5, 5.41) is 0. The number of hydrogen-bond acceptors (Lipinski definition) is 4. The molecule has 0 saturated carbocycles. The Hall–Kier alpha value is -3.09. The molecule has 134 valence electrons. The van der Waals surface area contributed by atoms with Crippen molar-refractivity contribution in [1.29, 1.82) is 0 Å². The first-order chi connectivity index (χ1) is 12.5. The Labute approximate surface area is 147 Å². The number of benzene rings is 2. The second-order valence-electron chi connectivity index (χ2n) is 5.50. The summed E-state index contributed by atoms with van der Waals surface area (Å²) in [5.74, 6) is 0.881. The van der Waals surface area contributed by atoms with Crippen LogP contribution in [0.5, 0.6) is 5.75 Å². The average Bonchev–Trinajstić information content (AvgIpc) is 3.11. The van der Waals surface area contributed by atoms with Gasteiger partial charge in [0.25, 0.3) is 0 Å². The van der Waals surface area contributed by atoms with Crippen LogP contribution in [-0.4, -0.2) is 17.9 Å². The summed E-state index contributed by atoms with van der Waals surface area (Å²) >= 11 is 0. The molecule has 0 aliphatic carbocycles. The molecule has 4 nitrogen and oxygen atoms in total. The van der Waals surface area contributed by atoms with Gasteiger partial charge in [0, 0.05) is 17.5 Å². The molecule has 3 rings (SSSR count). The SMILES string of the molecule is O=Cc1ccc(OCCc2coc(-c3ccc(C(F)(F)F)cc3)n2)cc1. The molecule has 0 fully saturated rings. The highest BCUT2D eigenvalue weighted by Crippen LogP contribution is 2.30. The number of ether oxygens (including phenoxy) is 1. The standard InChI is InChI=1S/C19H14F3NO3/c20-19(21,22)15-5-3-14(4-6-15)18-23-16(12-26-18)9-10-25-17-7-1-13(11-24)2-8-17/h1-8,11-12H,9-10H2. The van der Waals surface area contributed by atoms with Crippen LogP contribution in [0.15, 0.2) is 59.2 Å². The fourth-order valence-corrected chi connectivity index (χ4v) is 2.27. The molecule has 0 saturated heterocycles. The lowest BCUT2D eigenvalue weighted by Crippen LogP contribution is -2.04. The van der Waals surface area contributed by atoms with Gasteiger partial charge in [0.05, 0.1) is 17.9 Å². The van der Waals surface area contributed by atoms with Gasteiger partial charge in [-0.05, 0) is 48.5 Å². The molecule has 0 atom stereocenters. The third kappa shape index (κ3) is 4.30. The van der Waals surface area contributed by atoms with E-state index in [-0.39, 0.29) is 5.89 Å². The first kappa shape index (κ1) is 17.7. The number of aromatic nitrogens is 1. The Kier molecular flexibility index (Phi) is 5.06. The van der Waals surface area contributed by atoms with Gasteiger partial charge in [-0.15, -0.1) is 0 Å². The fraction of sp³-hybridized carbons (Fsp3) is 0.158. The monoisotopic (exact) mass is 361 g/mol. The third-order valence-electron chi connectivity index (χ3n) is 3.65. The van der Waals surface area contributed by atoms with Gasteiger partial charge >= 0.3 is 6.18 Å². The van der Waals surface area contributed by atoms with E-state index < -0.39 is 11.7 Å². The fourth-order valence-electron chi connectivity index (χ4n) is 2.27. The summed E-state index contributed by atoms with van der Waals surface area (Å²) in [4.78, 5) is 14.8. The van der Waals surface area contributed by atoms with Crippen LogP contribution < -0.4 is 4.74 Å². The van der Waals surface area contributed by atoms with Crippen molar-refractivity contribution in [1.82, 2.24) is 4.98 Å². The van der Waals surface area contributed by atoms with Gasteiger partial charge in [-0.25, -0.2) is 4.98 Å². The van der Waals surface area contributed by atoms with Crippen LogP contribution in [0.2, 0.25) is 0 Å². The summed E-state index contributed by atoms with van der Waals surface area (Å²) in [6.45, 7) is 0.347. The lowest BCUT2D eigenvalue weighted by molar-refractivity contribution is -0.137. The van der Waals surface area contributed by atoms with E-state index in [9.17, 15) is 18.0 Å². The molecule has 1 aromatic heterocycles. The molecule has 2 aromatic carbocycles. The van der Waals surface area contributed by atoms with E-state index in [2.05, 4.69) is 4.98 Å². The molecule has 3 aromatic rings. The molecule has 0 aliphatic rings. The number of oxazole rings is 1. The number of hydrogen-bond donors (Lipinski definition) is 0. The second kappa shape index (κ2) is 7.43. The first-order valence-electron chi connectivity index (χ1n) is 7.76. The average molecular weight is 361 g/mol. The molecule has 0 N–H and O–H groups in total. The summed E-state index contributed by atoms with van der Waals surface area (Å²) < 4.78 is 48.6. The molecule has 0 aliphatic heterocycles. The Balaban J connectivity index is 1.58. The zero-order valence-corrected chi connectivity index (χ0v) is 13.5. The summed E-state index contributed by atoms with van der Waals surface area (Å²) in [7, 11) is 0. The Bertz CT molecular complexity index is 868. The molecule has 0 amide bonds. The second-order valence-corrected chi connectivity index (χ2v) is 5.50. The minimum atomic E-state index is -4.37. The molecule has 0 radical (unpaired) electrons. The lowest BCUT2D eigenvalue weighted by atomic mass is 10.1. The molecule has 0 unspecified atom stereocenters. The minimum absolute atomic E-state index is 0.254. The van der Waals surface area contributed by atoms with Crippen molar-refractivity contribution in [3.8, 4) is 17.2 Å². The number of halogens is 3. The van der Waals surface area contributed by atoms with Gasteiger partial charge in [-0.3, -0.25) is 4.79 Å². The maximum Gasteiger partial charge on any atom is 0.416 e. The van der Waals surface area contributed by atoms with Crippen molar-refractivity contribution in [3.05, 3.63) is 71.6 Å². The number of aldehydes is 1. The Morgan fingerprint density at radius 2 is 1.73 bits per heavy atom. The number of alkyl halides is 3. The van der Waals surface area contributed by atoms with Crippen LogP contribution in [0.4, 0.5) is 13.2 Å². The van der Waals surface area contributed by atoms with Crippen molar-refractivity contribution < 1.29 is 27.1 Å². The van der Waals surface area contributed by atoms with Gasteiger partial charge in [0.1, 0.15) is 18.3 Å². The van der Waals surface area contributed by atoms with Crippen molar-refractivity contribution in [3.63, 3.8) is 0 Å². The zero-order chi connectivity index (χ0) is 18.6. The van der Waals surface area contributed by atoms with Crippen molar-refractivity contribution >= 4 is 6.29 Å². The van der Waals surface area contributed by atoms with E-state index in [1.807, 2.05) is 0 Å². The number of nitrogens with zero attached hydrogens (tertiary/aromatic N) is 1. The van der Waals surface area contributed by atoms with E-state index in [0.29, 0.717) is 35.6 Å². The number of carbonyl (C=O) groups is 1. The smallest absolute Gasteiger partial charge is 0.416 e. The molecule has 26 heavy (non-hydrogen) atoms. The zero-order valence-electron chi connectivity index (χ0n) is 13.5. The van der Waals surface area contributed by atoms with Gasteiger partial charge in [-0.2, -0.15) is 13.2 Å². The van der Waals surface area contributed by atoms with Crippen molar-refractivity contribution in [2.24, 2.45) is 0 Å². The maximum atomic E-state index is 12.6. The Morgan fingerprint density at radius 3 is 2.35 bits per heavy atom. The van der Waals surface area contributed by atoms with Crippen molar-refractivity contribution in [2.45, 2.75) is 12.6 Å². The van der Waals surface area contributed by atoms with Gasteiger partial charge in [-0.1, -0.05) is 0 Å². The molecule has 1 heterocycles. The topological polar surface area (TPSA) is 52.3 Å². The highest BCUT2D eigenvalue weighted by molar-refractivity contribution is 5.74. The van der Waals surface area contributed by atoms with Crippen molar-refractivity contribution in [2.75, 3.05) is 6.61 Å². The van der Waals surface area contributed by atoms with Gasteiger partial charge in [0.15, 0.2) is 0 Å². The number of carbonyl (C=O) groups excluding carboxylic acids is 1. The summed E-state index contributed by atoms with van der Waals surface area (Å²) in [5.41, 5.74) is 0.941. The van der Waals surface area contributed by atoms with E-state index in [4.69, 9.17) is 9.15 Å². The predicted molar refractivity (Wildman–Crippen MR) is 88.0 cm³/mol. The number of rotatable bonds is 6. The van der Waals surface area contributed by atoms with E-state index >= 15 is 0 Å². The van der Waals surface area contributed by atoms with Crippen LogP contribution in [-0.2, 0) is 12.6 Å². The van der Waals surface area contributed by atoms with Crippen LogP contribution in [0.25, 0.3) is 11.5 Å². The van der Waals surface area contributed by atoms with Crippen LogP contribution in [0.3, 0.4) is 0 Å². The quantitative estimate of drug-likeness (QED) is 0.592. The minimum Gasteiger partial charge on any atom is -0.493 e. The first-order valence-corrected chi connectivity index (χ1v) is 7.76. The summed E-state index contributed by atoms with van der Waals surface area (Å²) in [6, 6.07) is 11.3. The predicted octanol–water partition coefficient (Wildman–Crippen LogP) is 4.79. The lowest BCUT2D eigenvalue weighted by Gasteiger charge is -2.06. The van der Waals surface area contributed by atoms with E-state index in [1.165, 1.54) is 18.4 Å². The van der Waals surface area contributed by atoms with Crippen LogP contribution in [0, 0.1) is 0 Å².